The van der Waals surface area contributed by atoms with E-state index in [1.165, 1.54) is 0 Å². The predicted molar refractivity (Wildman–Crippen MR) is 86.6 cm³/mol. The minimum absolute atomic E-state index is 0.193. The zero-order valence-electron chi connectivity index (χ0n) is 13.4. The van der Waals surface area contributed by atoms with E-state index in [-0.39, 0.29) is 6.10 Å². The summed E-state index contributed by atoms with van der Waals surface area (Å²) in [6.45, 7) is 8.83. The first kappa shape index (κ1) is 18.1. The van der Waals surface area contributed by atoms with Gasteiger partial charge in [-0.1, -0.05) is 18.5 Å². The molecule has 5 heteroatoms. The van der Waals surface area contributed by atoms with E-state index in [0.29, 0.717) is 29.7 Å². The molecule has 0 fully saturated rings. The highest BCUT2D eigenvalue weighted by atomic mass is 35.5. The first-order valence-corrected chi connectivity index (χ1v) is 7.77. The van der Waals surface area contributed by atoms with Crippen molar-refractivity contribution in [2.75, 3.05) is 26.9 Å². The Morgan fingerprint density at radius 1 is 1.24 bits per heavy atom. The fourth-order valence-electron chi connectivity index (χ4n) is 1.85. The van der Waals surface area contributed by atoms with Crippen molar-refractivity contribution in [2.45, 2.75) is 39.8 Å². The lowest BCUT2D eigenvalue weighted by Gasteiger charge is -2.15. The molecule has 0 amide bonds. The van der Waals surface area contributed by atoms with Crippen LogP contribution in [0.25, 0.3) is 0 Å². The molecule has 1 rings (SSSR count). The van der Waals surface area contributed by atoms with Gasteiger partial charge in [-0.05, 0) is 44.5 Å². The van der Waals surface area contributed by atoms with Gasteiger partial charge in [0.05, 0.1) is 24.8 Å². The van der Waals surface area contributed by atoms with Crippen LogP contribution >= 0.6 is 11.6 Å². The Morgan fingerprint density at radius 2 is 2.00 bits per heavy atom. The van der Waals surface area contributed by atoms with Crippen LogP contribution in [0.5, 0.6) is 11.5 Å². The highest BCUT2D eigenvalue weighted by Gasteiger charge is 2.12. The number of methoxy groups -OCH3 is 1. The van der Waals surface area contributed by atoms with E-state index in [0.717, 1.165) is 25.1 Å². The summed E-state index contributed by atoms with van der Waals surface area (Å²) in [5.74, 6) is 1.23. The summed E-state index contributed by atoms with van der Waals surface area (Å²) >= 11 is 6.29. The summed E-state index contributed by atoms with van der Waals surface area (Å²) in [5, 5.41) is 3.90. The molecule has 0 bridgehead atoms. The maximum absolute atomic E-state index is 6.29. The van der Waals surface area contributed by atoms with Crippen molar-refractivity contribution in [3.8, 4) is 11.5 Å². The zero-order valence-corrected chi connectivity index (χ0v) is 14.1. The molecule has 0 aliphatic heterocycles. The number of hydrogen-bond acceptors (Lipinski definition) is 4. The Kier molecular flexibility index (Phi) is 8.50. The average molecular weight is 316 g/mol. The third-order valence-corrected chi connectivity index (χ3v) is 3.11. The summed E-state index contributed by atoms with van der Waals surface area (Å²) in [7, 11) is 1.62. The number of ether oxygens (including phenoxy) is 3. The second-order valence-electron chi connectivity index (χ2n) is 5.05. The Bertz CT molecular complexity index is 424. The van der Waals surface area contributed by atoms with Crippen molar-refractivity contribution in [1.29, 1.82) is 0 Å². The van der Waals surface area contributed by atoms with Crippen molar-refractivity contribution in [3.05, 3.63) is 22.7 Å². The molecule has 0 aliphatic rings. The molecule has 1 aromatic carbocycles. The SMILES string of the molecule is CCCNCc1cc(Cl)c(OCCOC(C)C)c(OC)c1. The molecule has 0 aromatic heterocycles. The highest BCUT2D eigenvalue weighted by molar-refractivity contribution is 6.32. The lowest BCUT2D eigenvalue weighted by Crippen LogP contribution is -2.14. The quantitative estimate of drug-likeness (QED) is 0.669. The number of halogens is 1. The van der Waals surface area contributed by atoms with Crippen LogP contribution in [0.15, 0.2) is 12.1 Å². The van der Waals surface area contributed by atoms with Gasteiger partial charge in [0.2, 0.25) is 0 Å². The van der Waals surface area contributed by atoms with E-state index in [1.54, 1.807) is 7.11 Å². The van der Waals surface area contributed by atoms with Crippen LogP contribution < -0.4 is 14.8 Å². The lowest BCUT2D eigenvalue weighted by atomic mass is 10.2. The van der Waals surface area contributed by atoms with Gasteiger partial charge in [-0.3, -0.25) is 0 Å². The van der Waals surface area contributed by atoms with Crippen molar-refractivity contribution in [3.63, 3.8) is 0 Å². The molecule has 4 nitrogen and oxygen atoms in total. The Labute approximate surface area is 132 Å². The molecule has 0 saturated carbocycles. The minimum Gasteiger partial charge on any atom is -0.493 e. The molecule has 0 unspecified atom stereocenters. The summed E-state index contributed by atoms with van der Waals surface area (Å²) < 4.78 is 16.5. The van der Waals surface area contributed by atoms with Gasteiger partial charge in [-0.15, -0.1) is 0 Å². The summed E-state index contributed by atoms with van der Waals surface area (Å²) in [5.41, 5.74) is 1.08. The maximum Gasteiger partial charge on any atom is 0.179 e. The zero-order chi connectivity index (χ0) is 15.7. The van der Waals surface area contributed by atoms with Crippen LogP contribution in [-0.2, 0) is 11.3 Å². The maximum atomic E-state index is 6.29. The molecular weight excluding hydrogens is 290 g/mol. The molecular formula is C16H26ClNO3. The number of rotatable bonds is 10. The van der Waals surface area contributed by atoms with Crippen molar-refractivity contribution in [2.24, 2.45) is 0 Å². The van der Waals surface area contributed by atoms with Crippen LogP contribution in [-0.4, -0.2) is 33.0 Å². The third kappa shape index (κ3) is 6.55. The minimum atomic E-state index is 0.193. The van der Waals surface area contributed by atoms with E-state index < -0.39 is 0 Å². The van der Waals surface area contributed by atoms with Gasteiger partial charge in [-0.2, -0.15) is 0 Å². The van der Waals surface area contributed by atoms with Gasteiger partial charge in [-0.25, -0.2) is 0 Å². The normalized spacial score (nSPS) is 11.0. The number of benzene rings is 1. The van der Waals surface area contributed by atoms with Gasteiger partial charge in [0.25, 0.3) is 0 Å². The Hall–Kier alpha value is -0.970. The molecule has 1 aromatic rings. The van der Waals surface area contributed by atoms with Gasteiger partial charge < -0.3 is 19.5 Å². The van der Waals surface area contributed by atoms with Crippen molar-refractivity contribution in [1.82, 2.24) is 5.32 Å². The second-order valence-corrected chi connectivity index (χ2v) is 5.46. The van der Waals surface area contributed by atoms with Crippen molar-refractivity contribution < 1.29 is 14.2 Å². The molecule has 0 radical (unpaired) electrons. The van der Waals surface area contributed by atoms with Gasteiger partial charge >= 0.3 is 0 Å². The summed E-state index contributed by atoms with van der Waals surface area (Å²) in [4.78, 5) is 0. The molecule has 0 atom stereocenters. The van der Waals surface area contributed by atoms with E-state index >= 15 is 0 Å². The summed E-state index contributed by atoms with van der Waals surface area (Å²) in [6, 6.07) is 3.86. The van der Waals surface area contributed by atoms with Crippen LogP contribution in [0, 0.1) is 0 Å². The summed E-state index contributed by atoms with van der Waals surface area (Å²) in [6.07, 6.45) is 1.29. The first-order valence-electron chi connectivity index (χ1n) is 7.40. The van der Waals surface area contributed by atoms with Gasteiger partial charge in [0.15, 0.2) is 11.5 Å². The fraction of sp³-hybridized carbons (Fsp3) is 0.625. The molecule has 1 N–H and O–H groups in total. The van der Waals surface area contributed by atoms with Crippen LogP contribution in [0.1, 0.15) is 32.8 Å². The van der Waals surface area contributed by atoms with E-state index in [1.807, 2.05) is 26.0 Å². The largest absolute Gasteiger partial charge is 0.493 e. The molecule has 120 valence electrons. The van der Waals surface area contributed by atoms with Crippen molar-refractivity contribution >= 4 is 11.6 Å². The topological polar surface area (TPSA) is 39.7 Å². The molecule has 0 spiro atoms. The first-order chi connectivity index (χ1) is 10.1. The van der Waals surface area contributed by atoms with E-state index in [4.69, 9.17) is 25.8 Å². The van der Waals surface area contributed by atoms with Crippen LogP contribution in [0.2, 0.25) is 5.02 Å². The third-order valence-electron chi connectivity index (χ3n) is 2.83. The van der Waals surface area contributed by atoms with Gasteiger partial charge in [0.1, 0.15) is 6.61 Å². The Morgan fingerprint density at radius 3 is 2.62 bits per heavy atom. The monoisotopic (exact) mass is 315 g/mol. The average Bonchev–Trinajstić information content (AvgIpc) is 2.44. The van der Waals surface area contributed by atoms with Crippen LogP contribution in [0.4, 0.5) is 0 Å². The highest BCUT2D eigenvalue weighted by Crippen LogP contribution is 2.36. The number of nitrogens with one attached hydrogen (secondary N) is 1. The molecule has 0 heterocycles. The van der Waals surface area contributed by atoms with E-state index in [2.05, 4.69) is 12.2 Å². The standard InChI is InChI=1S/C16H26ClNO3/c1-5-6-18-11-13-9-14(17)16(15(10-13)19-4)21-8-7-20-12(2)3/h9-10,12,18H,5-8,11H2,1-4H3. The molecule has 0 saturated heterocycles. The van der Waals surface area contributed by atoms with E-state index in [9.17, 15) is 0 Å². The van der Waals surface area contributed by atoms with Gasteiger partial charge in [0, 0.05) is 6.54 Å². The lowest BCUT2D eigenvalue weighted by molar-refractivity contribution is 0.0547. The second kappa shape index (κ2) is 9.87. The predicted octanol–water partition coefficient (Wildman–Crippen LogP) is 3.65. The number of hydrogen-bond donors (Lipinski definition) is 1. The Balaban J connectivity index is 2.66. The van der Waals surface area contributed by atoms with Crippen LogP contribution in [0.3, 0.4) is 0 Å². The molecule has 0 aliphatic carbocycles. The smallest absolute Gasteiger partial charge is 0.179 e. The fourth-order valence-corrected chi connectivity index (χ4v) is 2.14. The molecule has 21 heavy (non-hydrogen) atoms.